The lowest BCUT2D eigenvalue weighted by Gasteiger charge is -2.24. The molecule has 1 saturated heterocycles. The van der Waals surface area contributed by atoms with Gasteiger partial charge in [-0.15, -0.1) is 24.2 Å². The largest absolute Gasteiger partial charge is 0.447 e. The van der Waals surface area contributed by atoms with Crippen molar-refractivity contribution in [1.29, 1.82) is 0 Å². The Balaban J connectivity index is 0.00000361. The zero-order valence-electron chi connectivity index (χ0n) is 11.6. The Bertz CT molecular complexity index is 381. The molecule has 0 aliphatic carbocycles. The summed E-state index contributed by atoms with van der Waals surface area (Å²) in [6.45, 7) is 4.98. The SMILES string of the molecule is CC(C)OC(=O)N1CSC[C@H]1C(=O)NC(C)C(N)=O.Cl. The molecule has 0 radical (unpaired) electrons. The van der Waals surface area contributed by atoms with Crippen molar-refractivity contribution in [1.82, 2.24) is 10.2 Å². The minimum absolute atomic E-state index is 0. The quantitative estimate of drug-likeness (QED) is 0.775. The molecular weight excluding hydrogens is 306 g/mol. The monoisotopic (exact) mass is 325 g/mol. The van der Waals surface area contributed by atoms with E-state index in [-0.39, 0.29) is 18.5 Å². The number of carbonyl (C=O) groups excluding carboxylic acids is 3. The minimum atomic E-state index is -0.763. The summed E-state index contributed by atoms with van der Waals surface area (Å²) in [4.78, 5) is 36.1. The van der Waals surface area contributed by atoms with Crippen molar-refractivity contribution in [2.24, 2.45) is 5.73 Å². The van der Waals surface area contributed by atoms with Crippen molar-refractivity contribution in [2.45, 2.75) is 39.0 Å². The van der Waals surface area contributed by atoms with E-state index >= 15 is 0 Å². The number of hydrogen-bond acceptors (Lipinski definition) is 5. The maximum Gasteiger partial charge on any atom is 0.411 e. The first-order valence-corrected chi connectivity index (χ1v) is 7.13. The van der Waals surface area contributed by atoms with Crippen LogP contribution in [0.1, 0.15) is 20.8 Å². The van der Waals surface area contributed by atoms with Gasteiger partial charge in [0.15, 0.2) is 0 Å². The molecular formula is C11H20ClN3O4S. The predicted octanol–water partition coefficient (Wildman–Crippen LogP) is 0.318. The summed E-state index contributed by atoms with van der Waals surface area (Å²) in [7, 11) is 0. The van der Waals surface area contributed by atoms with Crippen LogP contribution >= 0.6 is 24.2 Å². The maximum atomic E-state index is 12.0. The summed E-state index contributed by atoms with van der Waals surface area (Å²) in [6.07, 6.45) is -0.766. The van der Waals surface area contributed by atoms with Crippen molar-refractivity contribution in [2.75, 3.05) is 11.6 Å². The number of thioether (sulfide) groups is 1. The number of hydrogen-bond donors (Lipinski definition) is 2. The molecule has 9 heteroatoms. The minimum Gasteiger partial charge on any atom is -0.447 e. The maximum absolute atomic E-state index is 12.0. The van der Waals surface area contributed by atoms with Gasteiger partial charge in [0.2, 0.25) is 11.8 Å². The lowest BCUT2D eigenvalue weighted by molar-refractivity contribution is -0.129. The average Bonchev–Trinajstić information content (AvgIpc) is 2.76. The van der Waals surface area contributed by atoms with Gasteiger partial charge in [-0.2, -0.15) is 0 Å². The van der Waals surface area contributed by atoms with Crippen LogP contribution in [0.2, 0.25) is 0 Å². The number of amides is 3. The summed E-state index contributed by atoms with van der Waals surface area (Å²) in [5.41, 5.74) is 5.08. The highest BCUT2D eigenvalue weighted by Crippen LogP contribution is 2.22. The van der Waals surface area contributed by atoms with Crippen molar-refractivity contribution in [3.05, 3.63) is 0 Å². The van der Waals surface area contributed by atoms with Crippen molar-refractivity contribution < 1.29 is 19.1 Å². The van der Waals surface area contributed by atoms with E-state index in [9.17, 15) is 14.4 Å². The van der Waals surface area contributed by atoms with Crippen molar-refractivity contribution >= 4 is 42.1 Å². The van der Waals surface area contributed by atoms with Gasteiger partial charge in [-0.05, 0) is 20.8 Å². The standard InChI is InChI=1S/C11H19N3O4S.ClH/c1-6(2)18-11(17)14-5-19-4-8(14)10(16)13-7(3)9(12)15;/h6-8H,4-5H2,1-3H3,(H2,12,15)(H,13,16);1H/t7?,8-;/m0./s1. The molecule has 0 aromatic carbocycles. The second-order valence-corrected chi connectivity index (χ2v) is 5.55. The number of nitrogens with one attached hydrogen (secondary N) is 1. The van der Waals surface area contributed by atoms with E-state index in [1.54, 1.807) is 13.8 Å². The number of ether oxygens (including phenoxy) is 1. The van der Waals surface area contributed by atoms with E-state index in [1.807, 2.05) is 0 Å². The molecule has 0 spiro atoms. The normalized spacial score (nSPS) is 19.2. The third-order valence-corrected chi connectivity index (χ3v) is 3.55. The molecule has 1 fully saturated rings. The van der Waals surface area contributed by atoms with E-state index in [1.165, 1.54) is 23.6 Å². The van der Waals surface area contributed by atoms with Gasteiger partial charge in [0.05, 0.1) is 12.0 Å². The van der Waals surface area contributed by atoms with Crippen molar-refractivity contribution in [3.63, 3.8) is 0 Å². The van der Waals surface area contributed by atoms with Crippen LogP contribution in [0.4, 0.5) is 4.79 Å². The molecule has 20 heavy (non-hydrogen) atoms. The molecule has 0 saturated carbocycles. The Kier molecular flexibility index (Phi) is 7.74. The Labute approximate surface area is 128 Å². The highest BCUT2D eigenvalue weighted by molar-refractivity contribution is 7.99. The number of nitrogens with two attached hydrogens (primary N) is 1. The molecule has 3 amide bonds. The van der Waals surface area contributed by atoms with Crippen LogP contribution in [-0.2, 0) is 14.3 Å². The number of carbonyl (C=O) groups is 3. The lowest BCUT2D eigenvalue weighted by atomic mass is 10.2. The molecule has 1 heterocycles. The van der Waals surface area contributed by atoms with Crippen LogP contribution in [-0.4, -0.2) is 52.6 Å². The Morgan fingerprint density at radius 2 is 1.95 bits per heavy atom. The Morgan fingerprint density at radius 1 is 1.35 bits per heavy atom. The topological polar surface area (TPSA) is 102 Å². The van der Waals surface area contributed by atoms with Gasteiger partial charge in [-0.1, -0.05) is 0 Å². The molecule has 1 rings (SSSR count). The summed E-state index contributed by atoms with van der Waals surface area (Å²) < 4.78 is 5.07. The number of halogens is 1. The van der Waals surface area contributed by atoms with Gasteiger partial charge < -0.3 is 15.8 Å². The molecule has 7 nitrogen and oxygen atoms in total. The van der Waals surface area contributed by atoms with Gasteiger partial charge in [-0.3, -0.25) is 14.5 Å². The van der Waals surface area contributed by atoms with Crippen LogP contribution < -0.4 is 11.1 Å². The summed E-state index contributed by atoms with van der Waals surface area (Å²) >= 11 is 1.46. The summed E-state index contributed by atoms with van der Waals surface area (Å²) in [5, 5.41) is 2.48. The zero-order valence-corrected chi connectivity index (χ0v) is 13.3. The molecule has 3 N–H and O–H groups in total. The fourth-order valence-electron chi connectivity index (χ4n) is 1.49. The highest BCUT2D eigenvalue weighted by Gasteiger charge is 2.36. The smallest absolute Gasteiger partial charge is 0.411 e. The van der Waals surface area contributed by atoms with E-state index < -0.39 is 30.0 Å². The second-order valence-electron chi connectivity index (χ2n) is 4.55. The lowest BCUT2D eigenvalue weighted by Crippen LogP contribution is -2.52. The Morgan fingerprint density at radius 3 is 2.45 bits per heavy atom. The van der Waals surface area contributed by atoms with Gasteiger partial charge in [0.1, 0.15) is 12.1 Å². The number of nitrogens with zero attached hydrogens (tertiary/aromatic N) is 1. The van der Waals surface area contributed by atoms with E-state index in [2.05, 4.69) is 5.32 Å². The second kappa shape index (κ2) is 8.21. The molecule has 1 unspecified atom stereocenters. The molecule has 1 aliphatic heterocycles. The average molecular weight is 326 g/mol. The molecule has 0 aromatic heterocycles. The van der Waals surface area contributed by atoms with Crippen LogP contribution in [0.3, 0.4) is 0 Å². The fraction of sp³-hybridized carbons (Fsp3) is 0.727. The molecule has 1 aliphatic rings. The summed E-state index contributed by atoms with van der Waals surface area (Å²) in [6, 6.07) is -1.39. The fourth-order valence-corrected chi connectivity index (χ4v) is 2.63. The van der Waals surface area contributed by atoms with E-state index in [0.29, 0.717) is 11.6 Å². The van der Waals surface area contributed by atoms with E-state index in [4.69, 9.17) is 10.5 Å². The molecule has 0 aromatic rings. The highest BCUT2D eigenvalue weighted by atomic mass is 35.5. The Hall–Kier alpha value is -1.15. The van der Waals surface area contributed by atoms with Crippen LogP contribution in [0, 0.1) is 0 Å². The molecule has 0 bridgehead atoms. The van der Waals surface area contributed by atoms with Crippen LogP contribution in [0.15, 0.2) is 0 Å². The third-order valence-electron chi connectivity index (χ3n) is 2.54. The van der Waals surface area contributed by atoms with Crippen LogP contribution in [0.25, 0.3) is 0 Å². The van der Waals surface area contributed by atoms with Gasteiger partial charge in [-0.25, -0.2) is 4.79 Å². The predicted molar refractivity (Wildman–Crippen MR) is 78.6 cm³/mol. The van der Waals surface area contributed by atoms with Gasteiger partial charge >= 0.3 is 6.09 Å². The van der Waals surface area contributed by atoms with Gasteiger partial charge in [0.25, 0.3) is 0 Å². The van der Waals surface area contributed by atoms with E-state index in [0.717, 1.165) is 0 Å². The first-order chi connectivity index (χ1) is 8.82. The van der Waals surface area contributed by atoms with Crippen molar-refractivity contribution in [3.8, 4) is 0 Å². The number of rotatable bonds is 4. The first-order valence-electron chi connectivity index (χ1n) is 5.97. The van der Waals surface area contributed by atoms with Crippen LogP contribution in [0.5, 0.6) is 0 Å². The summed E-state index contributed by atoms with van der Waals surface area (Å²) in [5.74, 6) is -0.133. The first kappa shape index (κ1) is 18.9. The molecule has 116 valence electrons. The zero-order chi connectivity index (χ0) is 14.6. The van der Waals surface area contributed by atoms with Gasteiger partial charge in [0, 0.05) is 5.75 Å². The third kappa shape index (κ3) is 5.09. The molecule has 2 atom stereocenters. The number of primary amides is 1.